The van der Waals surface area contributed by atoms with Gasteiger partial charge in [0.25, 0.3) is 0 Å². The van der Waals surface area contributed by atoms with E-state index in [1.54, 1.807) is 0 Å². The monoisotopic (exact) mass is 268 g/mol. The summed E-state index contributed by atoms with van der Waals surface area (Å²) in [6.07, 6.45) is 6.34. The second-order valence-corrected chi connectivity index (χ2v) is 7.31. The molecule has 1 fully saturated rings. The van der Waals surface area contributed by atoms with Crippen LogP contribution < -0.4 is 11.1 Å². The molecule has 0 spiro atoms. The highest BCUT2D eigenvalue weighted by molar-refractivity contribution is 5.75. The Morgan fingerprint density at radius 3 is 2.37 bits per heavy atom. The zero-order chi connectivity index (χ0) is 14.5. The lowest BCUT2D eigenvalue weighted by atomic mass is 9.76. The molecule has 1 rings (SSSR count). The fourth-order valence-electron chi connectivity index (χ4n) is 2.72. The van der Waals surface area contributed by atoms with Crippen LogP contribution in [0.1, 0.15) is 66.2 Å². The highest BCUT2D eigenvalue weighted by Gasteiger charge is 2.40. The summed E-state index contributed by atoms with van der Waals surface area (Å²) in [5.41, 5.74) is 6.35. The average Bonchev–Trinajstić information content (AvgIpc) is 3.11. The van der Waals surface area contributed by atoms with Gasteiger partial charge in [0, 0.05) is 13.0 Å². The third-order valence-electron chi connectivity index (χ3n) is 4.83. The van der Waals surface area contributed by atoms with Crippen molar-refractivity contribution in [3.05, 3.63) is 0 Å². The first-order valence-electron chi connectivity index (χ1n) is 7.80. The van der Waals surface area contributed by atoms with Gasteiger partial charge in [-0.25, -0.2) is 0 Å². The van der Waals surface area contributed by atoms with Crippen LogP contribution in [0.2, 0.25) is 0 Å². The van der Waals surface area contributed by atoms with E-state index in [9.17, 15) is 4.79 Å². The summed E-state index contributed by atoms with van der Waals surface area (Å²) in [6.45, 7) is 10.5. The Morgan fingerprint density at radius 1 is 1.32 bits per heavy atom. The largest absolute Gasteiger partial charge is 0.356 e. The van der Waals surface area contributed by atoms with Gasteiger partial charge in [-0.1, -0.05) is 27.7 Å². The summed E-state index contributed by atoms with van der Waals surface area (Å²) in [4.78, 5) is 11.9. The van der Waals surface area contributed by atoms with E-state index in [1.165, 1.54) is 19.3 Å². The van der Waals surface area contributed by atoms with E-state index in [0.29, 0.717) is 24.3 Å². The van der Waals surface area contributed by atoms with Crippen molar-refractivity contribution in [1.82, 2.24) is 5.32 Å². The zero-order valence-electron chi connectivity index (χ0n) is 13.2. The molecule has 1 aliphatic carbocycles. The van der Waals surface area contributed by atoms with Gasteiger partial charge >= 0.3 is 0 Å². The van der Waals surface area contributed by atoms with Crippen LogP contribution in [0, 0.1) is 16.7 Å². The molecule has 1 amide bonds. The quantitative estimate of drug-likeness (QED) is 0.711. The molecule has 112 valence electrons. The molecule has 0 aliphatic heterocycles. The molecule has 3 N–H and O–H groups in total. The maximum Gasteiger partial charge on any atom is 0.220 e. The summed E-state index contributed by atoms with van der Waals surface area (Å²) in [7, 11) is 0. The second-order valence-electron chi connectivity index (χ2n) is 7.31. The first-order valence-corrected chi connectivity index (χ1v) is 7.80. The van der Waals surface area contributed by atoms with Gasteiger partial charge < -0.3 is 11.1 Å². The molecule has 0 saturated heterocycles. The van der Waals surface area contributed by atoms with Crippen LogP contribution in [0.15, 0.2) is 0 Å². The molecule has 0 aromatic heterocycles. The zero-order valence-corrected chi connectivity index (χ0v) is 13.2. The minimum absolute atomic E-state index is 0.214. The van der Waals surface area contributed by atoms with Crippen molar-refractivity contribution in [2.75, 3.05) is 13.1 Å². The molecule has 0 heterocycles. The summed E-state index contributed by atoms with van der Waals surface area (Å²) in [5, 5.41) is 3.12. The van der Waals surface area contributed by atoms with Crippen LogP contribution in [0.4, 0.5) is 0 Å². The van der Waals surface area contributed by atoms with E-state index < -0.39 is 0 Å². The summed E-state index contributed by atoms with van der Waals surface area (Å²) in [5.74, 6) is 0.746. The third kappa shape index (κ3) is 5.52. The van der Waals surface area contributed by atoms with Crippen molar-refractivity contribution >= 4 is 5.91 Å². The smallest absolute Gasteiger partial charge is 0.220 e. The van der Waals surface area contributed by atoms with E-state index in [0.717, 1.165) is 19.4 Å². The van der Waals surface area contributed by atoms with Gasteiger partial charge in [0.2, 0.25) is 5.91 Å². The van der Waals surface area contributed by atoms with Gasteiger partial charge in [-0.2, -0.15) is 0 Å². The maximum atomic E-state index is 11.9. The number of hydrogen-bond acceptors (Lipinski definition) is 2. The standard InChI is InChI=1S/C16H32N2O/c1-5-16(9-10-16)12-18-14(19)7-6-13(8-11-17)15(2,3)4/h13H,5-12,17H2,1-4H3,(H,18,19). The Morgan fingerprint density at radius 2 is 1.95 bits per heavy atom. The van der Waals surface area contributed by atoms with Crippen molar-refractivity contribution in [3.63, 3.8) is 0 Å². The number of hydrogen-bond donors (Lipinski definition) is 2. The summed E-state index contributed by atoms with van der Waals surface area (Å²) >= 11 is 0. The topological polar surface area (TPSA) is 55.1 Å². The molecule has 1 aliphatic rings. The molecular weight excluding hydrogens is 236 g/mol. The molecular formula is C16H32N2O. The maximum absolute atomic E-state index is 11.9. The normalized spacial score (nSPS) is 19.0. The number of nitrogens with two attached hydrogens (primary N) is 1. The lowest BCUT2D eigenvalue weighted by molar-refractivity contribution is -0.121. The highest BCUT2D eigenvalue weighted by Crippen LogP contribution is 2.47. The van der Waals surface area contributed by atoms with Crippen LogP contribution in [0.3, 0.4) is 0 Å². The number of amides is 1. The van der Waals surface area contributed by atoms with Gasteiger partial charge in [-0.15, -0.1) is 0 Å². The molecule has 1 atom stereocenters. The lowest BCUT2D eigenvalue weighted by Gasteiger charge is -2.30. The molecule has 0 aromatic rings. The van der Waals surface area contributed by atoms with Crippen molar-refractivity contribution < 1.29 is 4.79 Å². The SMILES string of the molecule is CCC1(CNC(=O)CCC(CCN)C(C)(C)C)CC1. The predicted octanol–water partition coefficient (Wildman–Crippen LogP) is 3.08. The minimum Gasteiger partial charge on any atom is -0.356 e. The van der Waals surface area contributed by atoms with Gasteiger partial charge in [-0.05, 0) is 55.4 Å². The van der Waals surface area contributed by atoms with Crippen molar-refractivity contribution in [2.45, 2.75) is 66.2 Å². The van der Waals surface area contributed by atoms with Gasteiger partial charge in [0.05, 0.1) is 0 Å². The van der Waals surface area contributed by atoms with E-state index in [2.05, 4.69) is 33.0 Å². The van der Waals surface area contributed by atoms with Crippen LogP contribution in [-0.4, -0.2) is 19.0 Å². The first kappa shape index (κ1) is 16.5. The van der Waals surface area contributed by atoms with Crippen molar-refractivity contribution in [3.8, 4) is 0 Å². The molecule has 3 nitrogen and oxygen atoms in total. The average molecular weight is 268 g/mol. The Hall–Kier alpha value is -0.570. The van der Waals surface area contributed by atoms with Crippen LogP contribution in [-0.2, 0) is 4.79 Å². The number of rotatable bonds is 8. The Kier molecular flexibility index (Phi) is 5.84. The first-order chi connectivity index (χ1) is 8.83. The Labute approximate surface area is 118 Å². The highest BCUT2D eigenvalue weighted by atomic mass is 16.1. The van der Waals surface area contributed by atoms with Crippen LogP contribution in [0.25, 0.3) is 0 Å². The van der Waals surface area contributed by atoms with Crippen LogP contribution in [0.5, 0.6) is 0 Å². The Bertz CT molecular complexity index is 290. The second kappa shape index (κ2) is 6.74. The van der Waals surface area contributed by atoms with Crippen molar-refractivity contribution in [2.24, 2.45) is 22.5 Å². The van der Waals surface area contributed by atoms with Crippen LogP contribution >= 0.6 is 0 Å². The molecule has 19 heavy (non-hydrogen) atoms. The molecule has 1 saturated carbocycles. The summed E-state index contributed by atoms with van der Waals surface area (Å²) in [6, 6.07) is 0. The number of carbonyl (C=O) groups is 1. The van der Waals surface area contributed by atoms with E-state index in [1.807, 2.05) is 0 Å². The molecule has 0 radical (unpaired) electrons. The number of nitrogens with one attached hydrogen (secondary N) is 1. The molecule has 0 aromatic carbocycles. The van der Waals surface area contributed by atoms with E-state index in [4.69, 9.17) is 5.73 Å². The number of carbonyl (C=O) groups excluding carboxylic acids is 1. The molecule has 0 bridgehead atoms. The van der Waals surface area contributed by atoms with Gasteiger partial charge in [0.1, 0.15) is 0 Å². The van der Waals surface area contributed by atoms with E-state index >= 15 is 0 Å². The lowest BCUT2D eigenvalue weighted by Crippen LogP contribution is -2.31. The van der Waals surface area contributed by atoms with Gasteiger partial charge in [-0.3, -0.25) is 4.79 Å². The Balaban J connectivity index is 2.27. The van der Waals surface area contributed by atoms with Gasteiger partial charge in [0.15, 0.2) is 0 Å². The third-order valence-corrected chi connectivity index (χ3v) is 4.83. The fraction of sp³-hybridized carbons (Fsp3) is 0.938. The predicted molar refractivity (Wildman–Crippen MR) is 80.8 cm³/mol. The fourth-order valence-corrected chi connectivity index (χ4v) is 2.72. The summed E-state index contributed by atoms with van der Waals surface area (Å²) < 4.78 is 0. The van der Waals surface area contributed by atoms with E-state index in [-0.39, 0.29) is 11.3 Å². The minimum atomic E-state index is 0.214. The molecule has 1 unspecified atom stereocenters. The molecule has 3 heteroatoms. The van der Waals surface area contributed by atoms with Crippen molar-refractivity contribution in [1.29, 1.82) is 0 Å².